The third-order valence-electron chi connectivity index (χ3n) is 6.96. The standard InChI is InChI=1S/C34H31N3O/c1-5-31(29-13-9-12-28(20-29)23(2)3)36-34(38)30-18-19-32-33(21-30)37(24(4)35-32)22-25-14-16-27(17-15-25)26-10-7-6-8-11-26/h1,6-21,23,31H,22H2,2-4H3,(H,36,38)/t31-/m0/s1. The molecule has 0 saturated carbocycles. The van der Waals surface area contributed by atoms with Gasteiger partial charge in [0.15, 0.2) is 0 Å². The van der Waals surface area contributed by atoms with Crippen LogP contribution in [0.5, 0.6) is 0 Å². The van der Waals surface area contributed by atoms with Gasteiger partial charge in [-0.15, -0.1) is 6.42 Å². The molecular formula is C34H31N3O. The van der Waals surface area contributed by atoms with E-state index < -0.39 is 6.04 Å². The molecule has 4 heteroatoms. The van der Waals surface area contributed by atoms with Crippen molar-refractivity contribution in [2.24, 2.45) is 0 Å². The van der Waals surface area contributed by atoms with Crippen molar-refractivity contribution in [1.29, 1.82) is 0 Å². The maximum absolute atomic E-state index is 13.3. The van der Waals surface area contributed by atoms with E-state index in [0.29, 0.717) is 18.0 Å². The molecule has 1 N–H and O–H groups in total. The van der Waals surface area contributed by atoms with Crippen molar-refractivity contribution in [2.75, 3.05) is 0 Å². The maximum Gasteiger partial charge on any atom is 0.252 e. The first-order valence-electron chi connectivity index (χ1n) is 12.9. The monoisotopic (exact) mass is 497 g/mol. The van der Waals surface area contributed by atoms with Crippen LogP contribution in [0.3, 0.4) is 0 Å². The number of nitrogens with zero attached hydrogens (tertiary/aromatic N) is 2. The first kappa shape index (κ1) is 25.0. The molecule has 1 atom stereocenters. The van der Waals surface area contributed by atoms with Crippen LogP contribution in [0.4, 0.5) is 0 Å². The molecule has 188 valence electrons. The van der Waals surface area contributed by atoms with E-state index in [-0.39, 0.29) is 5.91 Å². The quantitative estimate of drug-likeness (QED) is 0.240. The van der Waals surface area contributed by atoms with E-state index in [1.165, 1.54) is 22.3 Å². The number of benzene rings is 4. The summed E-state index contributed by atoms with van der Waals surface area (Å²) in [5, 5.41) is 3.02. The lowest BCUT2D eigenvalue weighted by molar-refractivity contribution is 0.0945. The zero-order valence-electron chi connectivity index (χ0n) is 22.0. The first-order chi connectivity index (χ1) is 18.4. The van der Waals surface area contributed by atoms with Crippen molar-refractivity contribution in [3.8, 4) is 23.5 Å². The van der Waals surface area contributed by atoms with Crippen molar-refractivity contribution in [1.82, 2.24) is 14.9 Å². The van der Waals surface area contributed by atoms with E-state index in [4.69, 9.17) is 11.4 Å². The molecule has 0 radical (unpaired) electrons. The minimum Gasteiger partial charge on any atom is -0.334 e. The normalized spacial score (nSPS) is 11.9. The van der Waals surface area contributed by atoms with Crippen LogP contribution in [-0.4, -0.2) is 15.5 Å². The number of aromatic nitrogens is 2. The summed E-state index contributed by atoms with van der Waals surface area (Å²) in [7, 11) is 0. The summed E-state index contributed by atoms with van der Waals surface area (Å²) in [5.74, 6) is 3.81. The fourth-order valence-electron chi connectivity index (χ4n) is 4.73. The zero-order valence-corrected chi connectivity index (χ0v) is 22.0. The largest absolute Gasteiger partial charge is 0.334 e. The van der Waals surface area contributed by atoms with Crippen LogP contribution in [0, 0.1) is 19.3 Å². The first-order valence-corrected chi connectivity index (χ1v) is 12.9. The Labute approximate surface area is 224 Å². The van der Waals surface area contributed by atoms with Crippen LogP contribution in [0.25, 0.3) is 22.2 Å². The molecule has 4 nitrogen and oxygen atoms in total. The average Bonchev–Trinajstić information content (AvgIpc) is 3.26. The molecule has 0 unspecified atom stereocenters. The molecule has 1 heterocycles. The second-order valence-electron chi connectivity index (χ2n) is 9.91. The Morgan fingerprint density at radius 1 is 0.895 bits per heavy atom. The van der Waals surface area contributed by atoms with Crippen molar-refractivity contribution >= 4 is 16.9 Å². The van der Waals surface area contributed by atoms with E-state index in [0.717, 1.165) is 22.4 Å². The number of carbonyl (C=O) groups is 1. The lowest BCUT2D eigenvalue weighted by atomic mass is 9.98. The molecule has 0 fully saturated rings. The highest BCUT2D eigenvalue weighted by atomic mass is 16.1. The van der Waals surface area contributed by atoms with Crippen molar-refractivity contribution in [3.05, 3.63) is 125 Å². The van der Waals surface area contributed by atoms with Gasteiger partial charge in [0.05, 0.1) is 11.0 Å². The number of nitrogens with one attached hydrogen (secondary N) is 1. The van der Waals surface area contributed by atoms with E-state index in [1.54, 1.807) is 6.07 Å². The molecule has 0 saturated heterocycles. The highest BCUT2D eigenvalue weighted by molar-refractivity contribution is 5.98. The Bertz CT molecular complexity index is 1620. The van der Waals surface area contributed by atoms with Crippen molar-refractivity contribution in [2.45, 2.75) is 39.3 Å². The summed E-state index contributed by atoms with van der Waals surface area (Å²) in [4.78, 5) is 18.0. The van der Waals surface area contributed by atoms with Gasteiger partial charge in [0.1, 0.15) is 11.9 Å². The van der Waals surface area contributed by atoms with Crippen molar-refractivity contribution < 1.29 is 4.79 Å². The van der Waals surface area contributed by atoms with Gasteiger partial charge < -0.3 is 9.88 Å². The van der Waals surface area contributed by atoms with Gasteiger partial charge in [-0.25, -0.2) is 4.98 Å². The number of carbonyl (C=O) groups excluding carboxylic acids is 1. The molecule has 0 spiro atoms. The average molecular weight is 498 g/mol. The number of fused-ring (bicyclic) bond motifs is 1. The number of amides is 1. The number of rotatable bonds is 7. The number of imidazole rings is 1. The number of hydrogen-bond acceptors (Lipinski definition) is 2. The summed E-state index contributed by atoms with van der Waals surface area (Å²) < 4.78 is 2.15. The molecular weight excluding hydrogens is 466 g/mol. The Balaban J connectivity index is 1.38. The minimum absolute atomic E-state index is 0.206. The molecule has 1 aromatic heterocycles. The summed E-state index contributed by atoms with van der Waals surface area (Å²) in [6, 6.07) is 32.1. The lowest BCUT2D eigenvalue weighted by Crippen LogP contribution is -2.27. The summed E-state index contributed by atoms with van der Waals surface area (Å²) in [6.07, 6.45) is 5.83. The lowest BCUT2D eigenvalue weighted by Gasteiger charge is -2.16. The highest BCUT2D eigenvalue weighted by Gasteiger charge is 2.17. The summed E-state index contributed by atoms with van der Waals surface area (Å²) in [6.45, 7) is 6.94. The fraction of sp³-hybridized carbons (Fsp3) is 0.176. The van der Waals surface area contributed by atoms with E-state index >= 15 is 0 Å². The van der Waals surface area contributed by atoms with Gasteiger partial charge in [0, 0.05) is 12.1 Å². The van der Waals surface area contributed by atoms with Gasteiger partial charge >= 0.3 is 0 Å². The predicted octanol–water partition coefficient (Wildman–Crippen LogP) is 7.29. The zero-order chi connectivity index (χ0) is 26.6. The number of hydrogen-bond donors (Lipinski definition) is 1. The Morgan fingerprint density at radius 3 is 2.32 bits per heavy atom. The Hall–Kier alpha value is -4.62. The molecule has 1 amide bonds. The minimum atomic E-state index is -0.508. The highest BCUT2D eigenvalue weighted by Crippen LogP contribution is 2.24. The Kier molecular flexibility index (Phi) is 7.11. The molecule has 0 aliphatic rings. The van der Waals surface area contributed by atoms with Gasteiger partial charge in [0.25, 0.3) is 5.91 Å². The van der Waals surface area contributed by atoms with Crippen LogP contribution >= 0.6 is 0 Å². The smallest absolute Gasteiger partial charge is 0.252 e. The van der Waals surface area contributed by atoms with Crippen molar-refractivity contribution in [3.63, 3.8) is 0 Å². The molecule has 4 aromatic carbocycles. The van der Waals surface area contributed by atoms with Crippen LogP contribution in [0.15, 0.2) is 97.1 Å². The van der Waals surface area contributed by atoms with Gasteiger partial charge in [-0.05, 0) is 58.9 Å². The van der Waals surface area contributed by atoms with E-state index in [2.05, 4.69) is 78.2 Å². The second-order valence-corrected chi connectivity index (χ2v) is 9.91. The SMILES string of the molecule is C#C[C@H](NC(=O)c1ccc2nc(C)n(Cc3ccc(-c4ccccc4)cc3)c2c1)c1cccc(C(C)C)c1. The molecule has 38 heavy (non-hydrogen) atoms. The van der Waals surface area contributed by atoms with Crippen LogP contribution in [-0.2, 0) is 6.54 Å². The molecule has 0 aliphatic carbocycles. The van der Waals surface area contributed by atoms with E-state index in [9.17, 15) is 4.79 Å². The molecule has 0 bridgehead atoms. The number of aryl methyl sites for hydroxylation is 1. The van der Waals surface area contributed by atoms with Crippen LogP contribution in [0.1, 0.15) is 58.7 Å². The molecule has 5 aromatic rings. The molecule has 0 aliphatic heterocycles. The Morgan fingerprint density at radius 2 is 1.61 bits per heavy atom. The topological polar surface area (TPSA) is 46.9 Å². The number of terminal acetylenes is 1. The van der Waals surface area contributed by atoms with E-state index in [1.807, 2.05) is 49.4 Å². The third-order valence-corrected chi connectivity index (χ3v) is 6.96. The summed E-state index contributed by atoms with van der Waals surface area (Å²) in [5.41, 5.74) is 7.97. The van der Waals surface area contributed by atoms with Gasteiger partial charge in [0.2, 0.25) is 0 Å². The van der Waals surface area contributed by atoms with Crippen LogP contribution < -0.4 is 5.32 Å². The van der Waals surface area contributed by atoms with Crippen LogP contribution in [0.2, 0.25) is 0 Å². The molecule has 5 rings (SSSR count). The van der Waals surface area contributed by atoms with Gasteiger partial charge in [-0.2, -0.15) is 0 Å². The fourth-order valence-corrected chi connectivity index (χ4v) is 4.73. The van der Waals surface area contributed by atoms with Gasteiger partial charge in [-0.3, -0.25) is 4.79 Å². The maximum atomic E-state index is 13.3. The summed E-state index contributed by atoms with van der Waals surface area (Å²) >= 11 is 0. The second kappa shape index (κ2) is 10.8. The van der Waals surface area contributed by atoms with Gasteiger partial charge in [-0.1, -0.05) is 98.6 Å². The predicted molar refractivity (Wildman–Crippen MR) is 155 cm³/mol. The third kappa shape index (κ3) is 5.23.